The molecule has 0 aliphatic heterocycles. The van der Waals surface area contributed by atoms with E-state index in [2.05, 4.69) is 0 Å². The van der Waals surface area contributed by atoms with Crippen molar-refractivity contribution in [3.8, 4) is 0 Å². The molecular formula is C9H20N2O3S. The van der Waals surface area contributed by atoms with E-state index in [0.29, 0.717) is 12.5 Å². The zero-order chi connectivity index (χ0) is 11.6. The predicted molar refractivity (Wildman–Crippen MR) is 58.6 cm³/mol. The summed E-state index contributed by atoms with van der Waals surface area (Å²) in [6.45, 7) is 2.41. The third-order valence-electron chi connectivity index (χ3n) is 2.84. The monoisotopic (exact) mass is 236 g/mol. The second-order valence-electron chi connectivity index (χ2n) is 4.11. The molecule has 6 heteroatoms. The largest absolute Gasteiger partial charge is 0.391 e. The number of hydrogen-bond donors (Lipinski definition) is 1. The maximum atomic E-state index is 11.8. The van der Waals surface area contributed by atoms with Crippen LogP contribution in [0.15, 0.2) is 0 Å². The Morgan fingerprint density at radius 2 is 1.87 bits per heavy atom. The minimum atomic E-state index is -3.38. The fourth-order valence-corrected chi connectivity index (χ4v) is 2.53. The Bertz CT molecular complexity index is 300. The summed E-state index contributed by atoms with van der Waals surface area (Å²) in [6, 6.07) is 0. The Morgan fingerprint density at radius 1 is 1.33 bits per heavy atom. The van der Waals surface area contributed by atoms with E-state index in [0.717, 1.165) is 12.8 Å². The van der Waals surface area contributed by atoms with Crippen molar-refractivity contribution in [2.75, 3.05) is 27.2 Å². The normalized spacial score (nSPS) is 19.9. The van der Waals surface area contributed by atoms with Crippen molar-refractivity contribution in [2.45, 2.75) is 25.9 Å². The van der Waals surface area contributed by atoms with Crippen LogP contribution in [0, 0.1) is 5.92 Å². The summed E-state index contributed by atoms with van der Waals surface area (Å²) in [5.41, 5.74) is 0. The molecule has 1 N–H and O–H groups in total. The van der Waals surface area contributed by atoms with Crippen molar-refractivity contribution < 1.29 is 13.5 Å². The average Bonchev–Trinajstić information content (AvgIpc) is 2.99. The number of likely N-dealkylation sites (N-methyl/N-ethyl adjacent to an activating group) is 1. The van der Waals surface area contributed by atoms with E-state index in [4.69, 9.17) is 0 Å². The van der Waals surface area contributed by atoms with Crippen LogP contribution in [-0.4, -0.2) is 55.4 Å². The molecule has 15 heavy (non-hydrogen) atoms. The third kappa shape index (κ3) is 3.14. The molecule has 0 radical (unpaired) electrons. The molecule has 0 saturated heterocycles. The minimum Gasteiger partial charge on any atom is -0.391 e. The van der Waals surface area contributed by atoms with E-state index in [1.807, 2.05) is 0 Å². The molecule has 0 aromatic heterocycles. The van der Waals surface area contributed by atoms with Crippen LogP contribution in [0.1, 0.15) is 19.8 Å². The second-order valence-corrected chi connectivity index (χ2v) is 6.25. The van der Waals surface area contributed by atoms with E-state index in [1.54, 1.807) is 6.92 Å². The van der Waals surface area contributed by atoms with Gasteiger partial charge in [0.1, 0.15) is 0 Å². The summed E-state index contributed by atoms with van der Waals surface area (Å²) in [5.74, 6) is 0.301. The smallest absolute Gasteiger partial charge is 0.281 e. The van der Waals surface area contributed by atoms with Crippen LogP contribution in [-0.2, 0) is 10.2 Å². The molecule has 1 aliphatic rings. The first kappa shape index (κ1) is 12.9. The van der Waals surface area contributed by atoms with Crippen LogP contribution < -0.4 is 0 Å². The fourth-order valence-electron chi connectivity index (χ4n) is 1.39. The summed E-state index contributed by atoms with van der Waals surface area (Å²) >= 11 is 0. The molecule has 1 unspecified atom stereocenters. The van der Waals surface area contributed by atoms with Crippen molar-refractivity contribution >= 4 is 10.2 Å². The molecule has 0 aromatic carbocycles. The summed E-state index contributed by atoms with van der Waals surface area (Å²) in [7, 11) is -0.339. The summed E-state index contributed by atoms with van der Waals surface area (Å²) in [5, 5.41) is 9.65. The average molecular weight is 236 g/mol. The number of hydrogen-bond acceptors (Lipinski definition) is 3. The minimum absolute atomic E-state index is 0.192. The van der Waals surface area contributed by atoms with Gasteiger partial charge in [-0.05, 0) is 18.8 Å². The fraction of sp³-hybridized carbons (Fsp3) is 1.00. The quantitative estimate of drug-likeness (QED) is 0.700. The number of rotatable bonds is 6. The summed E-state index contributed by atoms with van der Waals surface area (Å²) in [4.78, 5) is 0. The molecule has 0 spiro atoms. The molecule has 1 fully saturated rings. The van der Waals surface area contributed by atoms with Crippen molar-refractivity contribution in [3.05, 3.63) is 0 Å². The van der Waals surface area contributed by atoms with Crippen molar-refractivity contribution in [1.82, 2.24) is 8.61 Å². The lowest BCUT2D eigenvalue weighted by Crippen LogP contribution is -2.43. The van der Waals surface area contributed by atoms with Crippen LogP contribution in [0.25, 0.3) is 0 Å². The lowest BCUT2D eigenvalue weighted by molar-refractivity contribution is 0.129. The van der Waals surface area contributed by atoms with Gasteiger partial charge in [-0.2, -0.15) is 17.0 Å². The lowest BCUT2D eigenvalue weighted by Gasteiger charge is -2.25. The van der Waals surface area contributed by atoms with Gasteiger partial charge in [-0.25, -0.2) is 0 Å². The first-order valence-corrected chi connectivity index (χ1v) is 6.65. The molecule has 1 saturated carbocycles. The predicted octanol–water partition coefficient (Wildman–Crippen LogP) is -0.114. The van der Waals surface area contributed by atoms with Gasteiger partial charge >= 0.3 is 0 Å². The summed E-state index contributed by atoms with van der Waals surface area (Å²) < 4.78 is 26.1. The van der Waals surface area contributed by atoms with E-state index < -0.39 is 16.3 Å². The van der Waals surface area contributed by atoms with Gasteiger partial charge in [-0.15, -0.1) is 0 Å². The van der Waals surface area contributed by atoms with Crippen LogP contribution in [0.2, 0.25) is 0 Å². The molecule has 1 atom stereocenters. The Morgan fingerprint density at radius 3 is 2.27 bits per heavy atom. The molecular weight excluding hydrogens is 216 g/mol. The highest BCUT2D eigenvalue weighted by Gasteiger charge is 2.33. The topological polar surface area (TPSA) is 60.9 Å². The van der Waals surface area contributed by atoms with Gasteiger partial charge in [0.15, 0.2) is 0 Å². The van der Waals surface area contributed by atoms with Gasteiger partial charge in [0.25, 0.3) is 10.2 Å². The molecule has 90 valence electrons. The van der Waals surface area contributed by atoms with E-state index in [9.17, 15) is 13.5 Å². The van der Waals surface area contributed by atoms with Gasteiger partial charge in [-0.1, -0.05) is 6.92 Å². The van der Waals surface area contributed by atoms with Crippen LogP contribution in [0.3, 0.4) is 0 Å². The van der Waals surface area contributed by atoms with Crippen molar-refractivity contribution in [3.63, 3.8) is 0 Å². The highest BCUT2D eigenvalue weighted by atomic mass is 32.2. The highest BCUT2D eigenvalue weighted by molar-refractivity contribution is 7.86. The second kappa shape index (κ2) is 4.78. The van der Waals surface area contributed by atoms with Crippen molar-refractivity contribution in [2.24, 2.45) is 5.92 Å². The Labute approximate surface area is 91.9 Å². The highest BCUT2D eigenvalue weighted by Crippen LogP contribution is 2.32. The maximum Gasteiger partial charge on any atom is 0.281 e. The van der Waals surface area contributed by atoms with Gasteiger partial charge in [0.2, 0.25) is 0 Å². The van der Waals surface area contributed by atoms with Gasteiger partial charge in [0.05, 0.1) is 6.10 Å². The lowest BCUT2D eigenvalue weighted by atomic mass is 10.2. The molecule has 0 bridgehead atoms. The zero-order valence-electron chi connectivity index (χ0n) is 9.55. The molecule has 5 nitrogen and oxygen atoms in total. The molecule has 1 rings (SSSR count). The van der Waals surface area contributed by atoms with Gasteiger partial charge < -0.3 is 5.11 Å². The third-order valence-corrected chi connectivity index (χ3v) is 4.83. The SMILES string of the molecule is CCN(C)S(=O)(=O)N(C)CC(O)C1CC1. The van der Waals surface area contributed by atoms with Crippen molar-refractivity contribution in [1.29, 1.82) is 0 Å². The van der Waals surface area contributed by atoms with E-state index in [-0.39, 0.29) is 6.54 Å². The standard InChI is InChI=1S/C9H20N2O3S/c1-4-10(2)15(13,14)11(3)7-9(12)8-5-6-8/h8-9,12H,4-7H2,1-3H3. The maximum absolute atomic E-state index is 11.8. The Hall–Kier alpha value is -0.170. The first-order valence-electron chi connectivity index (χ1n) is 5.25. The molecule has 1 aliphatic carbocycles. The van der Waals surface area contributed by atoms with Crippen LogP contribution >= 0.6 is 0 Å². The molecule has 0 aromatic rings. The Kier molecular flexibility index (Phi) is 4.11. The van der Waals surface area contributed by atoms with E-state index >= 15 is 0 Å². The van der Waals surface area contributed by atoms with Crippen LogP contribution in [0.5, 0.6) is 0 Å². The zero-order valence-corrected chi connectivity index (χ0v) is 10.4. The number of aliphatic hydroxyl groups excluding tert-OH is 1. The number of aliphatic hydroxyl groups is 1. The molecule has 0 amide bonds. The molecule has 0 heterocycles. The van der Waals surface area contributed by atoms with E-state index in [1.165, 1.54) is 22.7 Å². The number of nitrogens with zero attached hydrogens (tertiary/aromatic N) is 2. The summed E-state index contributed by atoms with van der Waals surface area (Å²) in [6.07, 6.45) is 1.51. The van der Waals surface area contributed by atoms with Crippen LogP contribution in [0.4, 0.5) is 0 Å². The first-order chi connectivity index (χ1) is 6.89. The Balaban J connectivity index is 2.54. The van der Waals surface area contributed by atoms with Gasteiger partial charge in [-0.3, -0.25) is 0 Å². The van der Waals surface area contributed by atoms with Gasteiger partial charge in [0, 0.05) is 27.2 Å².